The molecule has 1 N–H and O–H groups in total. The number of carbonyl (C=O) groups excluding carboxylic acids is 1. The van der Waals surface area contributed by atoms with Crippen LogP contribution in [0.1, 0.15) is 34.3 Å². The van der Waals surface area contributed by atoms with E-state index in [0.717, 1.165) is 25.2 Å². The summed E-state index contributed by atoms with van der Waals surface area (Å²) in [5.41, 5.74) is 2.97. The summed E-state index contributed by atoms with van der Waals surface area (Å²) in [6.07, 6.45) is 2.56. The molecule has 0 bridgehead atoms. The number of nitrogens with one attached hydrogen (secondary N) is 1. The Bertz CT molecular complexity index is 785. The molecule has 0 aromatic heterocycles. The number of ether oxygens (including phenoxy) is 2. The van der Waals surface area contributed by atoms with Crippen molar-refractivity contribution in [2.24, 2.45) is 0 Å². The van der Waals surface area contributed by atoms with Gasteiger partial charge in [-0.05, 0) is 49.2 Å². The van der Waals surface area contributed by atoms with E-state index in [9.17, 15) is 4.79 Å². The fraction of sp³-hybridized carbons (Fsp3) is 0.381. The fourth-order valence-electron chi connectivity index (χ4n) is 3.59. The summed E-state index contributed by atoms with van der Waals surface area (Å²) in [5.74, 6) is 1.04. The van der Waals surface area contributed by atoms with Crippen LogP contribution in [0.3, 0.4) is 0 Å². The monoisotopic (exact) mass is 352 g/mol. The zero-order valence-corrected chi connectivity index (χ0v) is 14.9. The van der Waals surface area contributed by atoms with Crippen LogP contribution in [0.25, 0.3) is 0 Å². The first-order chi connectivity index (χ1) is 12.8. The molecule has 26 heavy (non-hydrogen) atoms. The molecule has 2 heterocycles. The Hall–Kier alpha value is -2.53. The number of rotatable bonds is 5. The molecule has 2 aliphatic rings. The lowest BCUT2D eigenvalue weighted by molar-refractivity contribution is 0.0939. The second-order valence-corrected chi connectivity index (χ2v) is 6.76. The molecule has 0 atom stereocenters. The summed E-state index contributed by atoms with van der Waals surface area (Å²) in [4.78, 5) is 15.2. The van der Waals surface area contributed by atoms with Gasteiger partial charge < -0.3 is 14.8 Å². The first kappa shape index (κ1) is 16.9. The second-order valence-electron chi connectivity index (χ2n) is 6.76. The van der Waals surface area contributed by atoms with E-state index in [0.29, 0.717) is 36.8 Å². The molecule has 0 aliphatic carbocycles. The second kappa shape index (κ2) is 7.79. The molecule has 1 fully saturated rings. The smallest absolute Gasteiger partial charge is 0.255 e. The lowest BCUT2D eigenvalue weighted by atomic mass is 10.1. The topological polar surface area (TPSA) is 50.8 Å². The molecule has 4 rings (SSSR count). The van der Waals surface area contributed by atoms with Crippen molar-refractivity contribution in [3.8, 4) is 11.5 Å². The first-order valence-electron chi connectivity index (χ1n) is 9.27. The van der Waals surface area contributed by atoms with Crippen molar-refractivity contribution in [3.05, 3.63) is 59.2 Å². The fourth-order valence-corrected chi connectivity index (χ4v) is 3.59. The zero-order valence-electron chi connectivity index (χ0n) is 14.9. The van der Waals surface area contributed by atoms with Crippen molar-refractivity contribution in [2.45, 2.75) is 25.9 Å². The molecule has 0 spiro atoms. The van der Waals surface area contributed by atoms with Crippen LogP contribution in [0, 0.1) is 0 Å². The van der Waals surface area contributed by atoms with Gasteiger partial charge in [0.2, 0.25) is 0 Å². The molecule has 5 heteroatoms. The molecule has 2 aliphatic heterocycles. The van der Waals surface area contributed by atoms with Gasteiger partial charge in [-0.15, -0.1) is 0 Å². The SMILES string of the molecule is O=C(NCc1ccccc1CN1CCCC1)c1cccc2c1OCCO2. The van der Waals surface area contributed by atoms with E-state index in [1.54, 1.807) is 6.07 Å². The Balaban J connectivity index is 1.45. The summed E-state index contributed by atoms with van der Waals surface area (Å²) in [6.45, 7) is 4.76. The number of fused-ring (bicyclic) bond motifs is 1. The van der Waals surface area contributed by atoms with E-state index < -0.39 is 0 Å². The van der Waals surface area contributed by atoms with Crippen molar-refractivity contribution < 1.29 is 14.3 Å². The van der Waals surface area contributed by atoms with Crippen LogP contribution in [-0.4, -0.2) is 37.1 Å². The van der Waals surface area contributed by atoms with Crippen molar-refractivity contribution in [1.29, 1.82) is 0 Å². The summed E-state index contributed by atoms with van der Waals surface area (Å²) in [7, 11) is 0. The van der Waals surface area contributed by atoms with Gasteiger partial charge in [-0.2, -0.15) is 0 Å². The van der Waals surface area contributed by atoms with Crippen LogP contribution in [0.2, 0.25) is 0 Å². The maximum Gasteiger partial charge on any atom is 0.255 e. The summed E-state index contributed by atoms with van der Waals surface area (Å²) in [6, 6.07) is 13.8. The van der Waals surface area contributed by atoms with Gasteiger partial charge in [-0.1, -0.05) is 30.3 Å². The number of amides is 1. The molecular formula is C21H24N2O3. The third-order valence-corrected chi connectivity index (χ3v) is 4.96. The van der Waals surface area contributed by atoms with Gasteiger partial charge in [0.05, 0.1) is 5.56 Å². The highest BCUT2D eigenvalue weighted by molar-refractivity contribution is 5.97. The largest absolute Gasteiger partial charge is 0.486 e. The number of benzene rings is 2. The molecule has 2 aromatic rings. The van der Waals surface area contributed by atoms with E-state index in [-0.39, 0.29) is 5.91 Å². The molecule has 0 saturated carbocycles. The summed E-state index contributed by atoms with van der Waals surface area (Å²) in [5, 5.41) is 3.04. The van der Waals surface area contributed by atoms with Crippen LogP contribution >= 0.6 is 0 Å². The molecule has 5 nitrogen and oxygen atoms in total. The number of likely N-dealkylation sites (tertiary alicyclic amines) is 1. The Labute approximate surface area is 153 Å². The van der Waals surface area contributed by atoms with E-state index in [1.807, 2.05) is 18.2 Å². The van der Waals surface area contributed by atoms with E-state index in [4.69, 9.17) is 9.47 Å². The van der Waals surface area contributed by atoms with Crippen molar-refractivity contribution in [1.82, 2.24) is 10.2 Å². The summed E-state index contributed by atoms with van der Waals surface area (Å²) < 4.78 is 11.2. The van der Waals surface area contributed by atoms with E-state index in [2.05, 4.69) is 28.4 Å². The third-order valence-electron chi connectivity index (χ3n) is 4.96. The Morgan fingerprint density at radius 2 is 1.73 bits per heavy atom. The molecule has 2 aromatic carbocycles. The van der Waals surface area contributed by atoms with Crippen molar-refractivity contribution in [3.63, 3.8) is 0 Å². The Morgan fingerprint density at radius 3 is 2.58 bits per heavy atom. The number of para-hydroxylation sites is 1. The van der Waals surface area contributed by atoms with E-state index in [1.165, 1.54) is 18.4 Å². The van der Waals surface area contributed by atoms with E-state index >= 15 is 0 Å². The average molecular weight is 352 g/mol. The Kier molecular flexibility index (Phi) is 5.07. The predicted molar refractivity (Wildman–Crippen MR) is 99.6 cm³/mol. The minimum Gasteiger partial charge on any atom is -0.486 e. The summed E-state index contributed by atoms with van der Waals surface area (Å²) >= 11 is 0. The molecular weight excluding hydrogens is 328 g/mol. The highest BCUT2D eigenvalue weighted by Crippen LogP contribution is 2.33. The first-order valence-corrected chi connectivity index (χ1v) is 9.27. The van der Waals surface area contributed by atoms with Gasteiger partial charge in [0.1, 0.15) is 13.2 Å². The quantitative estimate of drug-likeness (QED) is 0.899. The number of nitrogens with zero attached hydrogens (tertiary/aromatic N) is 1. The molecule has 0 radical (unpaired) electrons. The maximum absolute atomic E-state index is 12.7. The lowest BCUT2D eigenvalue weighted by Crippen LogP contribution is -2.26. The lowest BCUT2D eigenvalue weighted by Gasteiger charge is -2.21. The molecule has 0 unspecified atom stereocenters. The van der Waals surface area contributed by atoms with Crippen LogP contribution in [0.4, 0.5) is 0 Å². The number of hydrogen-bond acceptors (Lipinski definition) is 4. The highest BCUT2D eigenvalue weighted by Gasteiger charge is 2.20. The van der Waals surface area contributed by atoms with Crippen LogP contribution in [-0.2, 0) is 13.1 Å². The maximum atomic E-state index is 12.7. The van der Waals surface area contributed by atoms with Crippen LogP contribution in [0.15, 0.2) is 42.5 Å². The van der Waals surface area contributed by atoms with Gasteiger partial charge in [-0.3, -0.25) is 9.69 Å². The van der Waals surface area contributed by atoms with Crippen molar-refractivity contribution >= 4 is 5.91 Å². The van der Waals surface area contributed by atoms with Gasteiger partial charge in [-0.25, -0.2) is 0 Å². The predicted octanol–water partition coefficient (Wildman–Crippen LogP) is 2.98. The van der Waals surface area contributed by atoms with Gasteiger partial charge in [0.15, 0.2) is 11.5 Å². The van der Waals surface area contributed by atoms with Crippen LogP contribution < -0.4 is 14.8 Å². The molecule has 136 valence electrons. The molecule has 1 amide bonds. The van der Waals surface area contributed by atoms with Gasteiger partial charge in [0, 0.05) is 13.1 Å². The van der Waals surface area contributed by atoms with Crippen molar-refractivity contribution in [2.75, 3.05) is 26.3 Å². The number of hydrogen-bond donors (Lipinski definition) is 1. The minimum absolute atomic E-state index is 0.136. The molecule has 1 saturated heterocycles. The minimum atomic E-state index is -0.136. The standard InChI is InChI=1S/C21H24N2O3/c24-21(18-8-5-9-19-20(18)26-13-12-25-19)22-14-16-6-1-2-7-17(16)15-23-10-3-4-11-23/h1-2,5-9H,3-4,10-15H2,(H,22,24). The van der Waals surface area contributed by atoms with Gasteiger partial charge in [0.25, 0.3) is 5.91 Å². The third kappa shape index (κ3) is 3.68. The highest BCUT2D eigenvalue weighted by atomic mass is 16.6. The van der Waals surface area contributed by atoms with Crippen LogP contribution in [0.5, 0.6) is 11.5 Å². The Morgan fingerprint density at radius 1 is 0.962 bits per heavy atom. The average Bonchev–Trinajstić information content (AvgIpc) is 3.20. The zero-order chi connectivity index (χ0) is 17.8. The normalized spacial score (nSPS) is 16.5. The van der Waals surface area contributed by atoms with Gasteiger partial charge >= 0.3 is 0 Å². The number of carbonyl (C=O) groups is 1.